The van der Waals surface area contributed by atoms with E-state index in [0.29, 0.717) is 46.6 Å². The Hall–Kier alpha value is -3.28. The fourth-order valence-corrected chi connectivity index (χ4v) is 7.06. The highest BCUT2D eigenvalue weighted by Gasteiger charge is 2.48. The minimum Gasteiger partial charge on any atom is -0.465 e. The lowest BCUT2D eigenvalue weighted by Crippen LogP contribution is -2.51. The second-order valence-corrected chi connectivity index (χ2v) is 12.5. The van der Waals surface area contributed by atoms with E-state index in [1.54, 1.807) is 23.1 Å². The number of ether oxygens (including phenoxy) is 2. The van der Waals surface area contributed by atoms with Crippen molar-refractivity contribution in [3.05, 3.63) is 68.9 Å². The van der Waals surface area contributed by atoms with Crippen molar-refractivity contribution in [3.63, 3.8) is 0 Å². The number of amides is 2. The van der Waals surface area contributed by atoms with Crippen molar-refractivity contribution < 1.29 is 36.8 Å². The van der Waals surface area contributed by atoms with E-state index in [0.717, 1.165) is 37.3 Å². The molecule has 13 heteroatoms. The molecule has 1 saturated carbocycles. The van der Waals surface area contributed by atoms with E-state index in [1.165, 1.54) is 6.07 Å². The number of nitrogens with one attached hydrogen (secondary N) is 1. The van der Waals surface area contributed by atoms with Gasteiger partial charge in [0.25, 0.3) is 0 Å². The lowest BCUT2D eigenvalue weighted by molar-refractivity contribution is -0.136. The average Bonchev–Trinajstić information content (AvgIpc) is 3.70. The van der Waals surface area contributed by atoms with E-state index < -0.39 is 29.4 Å². The minimum absolute atomic E-state index is 0.123. The molecule has 3 heterocycles. The molecule has 1 N–H and O–H groups in total. The molecule has 2 saturated heterocycles. The number of benzene rings is 2. The zero-order valence-electron chi connectivity index (χ0n) is 23.9. The summed E-state index contributed by atoms with van der Waals surface area (Å²) in [6.45, 7) is 2.25. The van der Waals surface area contributed by atoms with E-state index >= 15 is 0 Å². The number of carbonyl (C=O) groups excluding carboxylic acids is 2. The molecular weight excluding hydrogens is 622 g/mol. The molecule has 1 aliphatic carbocycles. The van der Waals surface area contributed by atoms with Crippen molar-refractivity contribution in [1.29, 1.82) is 0 Å². The summed E-state index contributed by atoms with van der Waals surface area (Å²) in [6.07, 6.45) is -1.26. The molecule has 3 aliphatic rings. The summed E-state index contributed by atoms with van der Waals surface area (Å²) in [5.41, 5.74) is 0.131. The lowest BCUT2D eigenvalue weighted by atomic mass is 9.97. The molecule has 3 aromatic rings. The van der Waals surface area contributed by atoms with Crippen LogP contribution in [0.15, 0.2) is 40.9 Å². The van der Waals surface area contributed by atoms with Crippen LogP contribution in [0.3, 0.4) is 0 Å². The third kappa shape index (κ3) is 5.89. The molecule has 2 bridgehead atoms. The number of alkyl halides is 3. The van der Waals surface area contributed by atoms with Gasteiger partial charge in [-0.15, -0.1) is 0 Å². The number of piperidine rings is 1. The van der Waals surface area contributed by atoms with Gasteiger partial charge >= 0.3 is 18.2 Å². The number of halogens is 5. The second kappa shape index (κ2) is 11.9. The fourth-order valence-electron chi connectivity index (χ4n) is 6.48. The number of aromatic nitrogens is 1. The number of carbonyl (C=O) groups is 2. The summed E-state index contributed by atoms with van der Waals surface area (Å²) in [7, 11) is 1.08. The van der Waals surface area contributed by atoms with Gasteiger partial charge in [-0.05, 0) is 68.4 Å². The maximum atomic E-state index is 13.9. The number of fused-ring (bicyclic) bond motifs is 2. The Labute approximate surface area is 261 Å². The molecule has 2 aliphatic heterocycles. The largest absolute Gasteiger partial charge is 0.465 e. The quantitative estimate of drug-likeness (QED) is 0.258. The minimum atomic E-state index is -4.80. The van der Waals surface area contributed by atoms with Crippen LogP contribution in [0.25, 0.3) is 11.3 Å². The zero-order chi connectivity index (χ0) is 31.3. The number of urea groups is 1. The molecule has 3 fully saturated rings. The van der Waals surface area contributed by atoms with Crippen molar-refractivity contribution >= 4 is 40.9 Å². The topological polar surface area (TPSA) is 93.9 Å². The third-order valence-corrected chi connectivity index (χ3v) is 9.37. The Kier molecular flexibility index (Phi) is 8.32. The average molecular weight is 652 g/mol. The molecular formula is C31H30Cl2F3N3O5. The van der Waals surface area contributed by atoms with Gasteiger partial charge in [0.2, 0.25) is 0 Å². The molecule has 0 radical (unpaired) electrons. The first-order valence-electron chi connectivity index (χ1n) is 14.4. The summed E-state index contributed by atoms with van der Waals surface area (Å²) in [6, 6.07) is 7.12. The van der Waals surface area contributed by atoms with E-state index in [2.05, 4.69) is 15.2 Å². The molecule has 44 heavy (non-hydrogen) atoms. The van der Waals surface area contributed by atoms with Gasteiger partial charge in [-0.25, -0.2) is 9.59 Å². The van der Waals surface area contributed by atoms with Gasteiger partial charge < -0.3 is 24.2 Å². The Morgan fingerprint density at radius 2 is 1.84 bits per heavy atom. The molecule has 6 rings (SSSR count). The number of esters is 1. The Bertz CT molecular complexity index is 1570. The van der Waals surface area contributed by atoms with Gasteiger partial charge in [-0.3, -0.25) is 0 Å². The maximum absolute atomic E-state index is 13.9. The first kappa shape index (κ1) is 30.7. The van der Waals surface area contributed by atoms with Gasteiger partial charge in [0.15, 0.2) is 0 Å². The van der Waals surface area contributed by atoms with Crippen LogP contribution in [-0.2, 0) is 22.3 Å². The number of rotatable bonds is 7. The van der Waals surface area contributed by atoms with Crippen LogP contribution in [0.2, 0.25) is 10.0 Å². The number of anilines is 1. The van der Waals surface area contributed by atoms with Crippen LogP contribution >= 0.6 is 23.2 Å². The number of hydrogen-bond acceptors (Lipinski definition) is 6. The molecule has 2 aromatic carbocycles. The normalized spacial score (nSPS) is 23.1. The molecule has 8 nitrogen and oxygen atoms in total. The predicted molar refractivity (Wildman–Crippen MR) is 157 cm³/mol. The number of hydrogen-bond donors (Lipinski definition) is 1. The van der Waals surface area contributed by atoms with Crippen molar-refractivity contribution in [2.75, 3.05) is 12.4 Å². The molecule has 1 aromatic heterocycles. The highest BCUT2D eigenvalue weighted by atomic mass is 35.5. The Balaban J connectivity index is 1.18. The third-order valence-electron chi connectivity index (χ3n) is 8.74. The smallest absolute Gasteiger partial charge is 0.418 e. The summed E-state index contributed by atoms with van der Waals surface area (Å²) >= 11 is 13.0. The highest BCUT2D eigenvalue weighted by molar-refractivity contribution is 6.39. The monoisotopic (exact) mass is 651 g/mol. The van der Waals surface area contributed by atoms with E-state index in [4.69, 9.17) is 32.5 Å². The van der Waals surface area contributed by atoms with Crippen molar-refractivity contribution in [1.82, 2.24) is 10.1 Å². The van der Waals surface area contributed by atoms with Gasteiger partial charge in [0.05, 0.1) is 46.7 Å². The molecule has 234 valence electrons. The zero-order valence-corrected chi connectivity index (χ0v) is 25.4. The Morgan fingerprint density at radius 3 is 2.48 bits per heavy atom. The lowest BCUT2D eigenvalue weighted by Gasteiger charge is -2.39. The van der Waals surface area contributed by atoms with Crippen LogP contribution in [-0.4, -0.2) is 47.4 Å². The van der Waals surface area contributed by atoms with Crippen molar-refractivity contribution in [3.8, 4) is 11.3 Å². The first-order valence-corrected chi connectivity index (χ1v) is 15.1. The Morgan fingerprint density at radius 1 is 1.11 bits per heavy atom. The molecule has 2 unspecified atom stereocenters. The molecule has 0 spiro atoms. The predicted octanol–water partition coefficient (Wildman–Crippen LogP) is 8.32. The van der Waals surface area contributed by atoms with E-state index in [-0.39, 0.29) is 42.2 Å². The summed E-state index contributed by atoms with van der Waals surface area (Å²) in [5.74, 6) is 0.252. The van der Waals surface area contributed by atoms with Crippen LogP contribution in [0.5, 0.6) is 0 Å². The summed E-state index contributed by atoms with van der Waals surface area (Å²) in [5, 5.41) is 7.67. The van der Waals surface area contributed by atoms with Gasteiger partial charge in [-0.2, -0.15) is 13.2 Å². The van der Waals surface area contributed by atoms with Crippen molar-refractivity contribution in [2.45, 2.75) is 75.9 Å². The van der Waals surface area contributed by atoms with Crippen LogP contribution in [0, 0.1) is 5.92 Å². The van der Waals surface area contributed by atoms with Gasteiger partial charge in [-0.1, -0.05) is 41.3 Å². The maximum Gasteiger partial charge on any atom is 0.418 e. The second-order valence-electron chi connectivity index (χ2n) is 11.7. The van der Waals surface area contributed by atoms with Crippen LogP contribution in [0.4, 0.5) is 23.7 Å². The van der Waals surface area contributed by atoms with Gasteiger partial charge in [0.1, 0.15) is 11.5 Å². The highest BCUT2D eigenvalue weighted by Crippen LogP contribution is 2.47. The van der Waals surface area contributed by atoms with Crippen molar-refractivity contribution in [2.24, 2.45) is 5.92 Å². The van der Waals surface area contributed by atoms with E-state index in [1.807, 2.05) is 6.92 Å². The standard InChI is InChI=1S/C31H30Cl2F3N3O5/c1-15-10-18-12-19(43-14-20-27(38-44-28(20)16-6-7-16)26-22(32)4-3-5-23(26)33)13-25(15)39(18)30(41)37-24-9-8-17(29(40)42-2)11-21(24)31(34,35)36/h3-5,8-9,11,15-16,18-19,25H,6-7,10,12-14H2,1-2H3,(H,37,41)/t15-,18?,19+,25?/m1/s1. The number of methoxy groups -OCH3 is 1. The number of nitrogens with zero attached hydrogens (tertiary/aromatic N) is 2. The van der Waals surface area contributed by atoms with Crippen LogP contribution < -0.4 is 5.32 Å². The van der Waals surface area contributed by atoms with E-state index in [9.17, 15) is 22.8 Å². The summed E-state index contributed by atoms with van der Waals surface area (Å²) < 4.78 is 58.3. The SMILES string of the molecule is COC(=O)c1ccc(NC(=O)N2C3C[C@H](OCc4c(-c5c(Cl)cccc5Cl)noc4C4CC4)CC2[C@H](C)C3)c(C(F)(F)F)c1. The summed E-state index contributed by atoms with van der Waals surface area (Å²) in [4.78, 5) is 26.9. The fraction of sp³-hybridized carbons (Fsp3) is 0.452. The van der Waals surface area contributed by atoms with Gasteiger partial charge in [0, 0.05) is 29.1 Å². The first-order chi connectivity index (χ1) is 21.0. The van der Waals surface area contributed by atoms with Crippen LogP contribution in [0.1, 0.15) is 72.2 Å². The molecule has 4 atom stereocenters. The molecule has 2 amide bonds.